The van der Waals surface area contributed by atoms with Gasteiger partial charge in [-0.2, -0.15) is 5.26 Å². The summed E-state index contributed by atoms with van der Waals surface area (Å²) in [7, 11) is 1.48. The molecule has 3 aromatic carbocycles. The number of nitrogens with zero attached hydrogens (tertiary/aromatic N) is 1. The number of carbonyl (C=O) groups is 1. The average Bonchev–Trinajstić information content (AvgIpc) is 2.82. The molecule has 0 aliphatic rings. The highest BCUT2D eigenvalue weighted by Gasteiger charge is 2.12. The van der Waals surface area contributed by atoms with Gasteiger partial charge in [0, 0.05) is 5.02 Å². The van der Waals surface area contributed by atoms with E-state index in [9.17, 15) is 10.1 Å². The third-order valence-corrected chi connectivity index (χ3v) is 4.91. The fourth-order valence-corrected chi connectivity index (χ4v) is 3.11. The SMILES string of the molecule is CCc1cccc(OCC(=O)Oc2ccc(C=C(C#N)c3ccc(Cl)cc3)cc2OC)c1. The Kier molecular flexibility index (Phi) is 7.91. The Hall–Kier alpha value is -3.75. The van der Waals surface area contributed by atoms with Gasteiger partial charge in [-0.25, -0.2) is 4.79 Å². The van der Waals surface area contributed by atoms with Gasteiger partial charge < -0.3 is 14.2 Å². The average molecular weight is 448 g/mol. The summed E-state index contributed by atoms with van der Waals surface area (Å²) in [5.74, 6) is 0.700. The smallest absolute Gasteiger partial charge is 0.349 e. The molecule has 0 aromatic heterocycles. The number of carbonyl (C=O) groups excluding carboxylic acids is 1. The van der Waals surface area contributed by atoms with Crippen molar-refractivity contribution in [1.82, 2.24) is 0 Å². The molecule has 0 N–H and O–H groups in total. The van der Waals surface area contributed by atoms with E-state index in [1.165, 1.54) is 7.11 Å². The molecule has 0 amide bonds. The van der Waals surface area contributed by atoms with Crippen LogP contribution >= 0.6 is 11.6 Å². The van der Waals surface area contributed by atoms with Crippen molar-refractivity contribution in [2.24, 2.45) is 0 Å². The lowest BCUT2D eigenvalue weighted by Gasteiger charge is -2.11. The predicted octanol–water partition coefficient (Wildman–Crippen LogP) is 5.96. The number of rotatable bonds is 8. The molecular formula is C26H22ClNO4. The van der Waals surface area contributed by atoms with Crippen LogP contribution in [-0.2, 0) is 11.2 Å². The second-order valence-electron chi connectivity index (χ2n) is 6.85. The van der Waals surface area contributed by atoms with Gasteiger partial charge in [-0.05, 0) is 65.6 Å². The van der Waals surface area contributed by atoms with E-state index in [0.29, 0.717) is 22.1 Å². The number of allylic oxidation sites excluding steroid dienone is 1. The first-order valence-electron chi connectivity index (χ1n) is 10.0. The maximum Gasteiger partial charge on any atom is 0.349 e. The molecule has 6 heteroatoms. The van der Waals surface area contributed by atoms with Gasteiger partial charge >= 0.3 is 5.97 Å². The van der Waals surface area contributed by atoms with Crippen molar-refractivity contribution in [3.8, 4) is 23.3 Å². The molecule has 3 aromatic rings. The molecule has 5 nitrogen and oxygen atoms in total. The van der Waals surface area contributed by atoms with E-state index in [2.05, 4.69) is 6.07 Å². The number of aryl methyl sites for hydroxylation is 1. The number of methoxy groups -OCH3 is 1. The molecule has 0 heterocycles. The summed E-state index contributed by atoms with van der Waals surface area (Å²) in [6.45, 7) is 1.82. The molecule has 0 saturated heterocycles. The fraction of sp³-hybridized carbons (Fsp3) is 0.154. The fourth-order valence-electron chi connectivity index (χ4n) is 2.98. The lowest BCUT2D eigenvalue weighted by atomic mass is 10.0. The van der Waals surface area contributed by atoms with Crippen LogP contribution in [0.15, 0.2) is 66.7 Å². The van der Waals surface area contributed by atoms with Crippen molar-refractivity contribution >= 4 is 29.2 Å². The van der Waals surface area contributed by atoms with Gasteiger partial charge in [0.05, 0.1) is 18.8 Å². The number of halogens is 1. The number of ether oxygens (including phenoxy) is 3. The minimum Gasteiger partial charge on any atom is -0.493 e. The molecule has 0 fully saturated rings. The van der Waals surface area contributed by atoms with E-state index in [4.69, 9.17) is 25.8 Å². The Morgan fingerprint density at radius 1 is 1.06 bits per heavy atom. The molecule has 0 atom stereocenters. The van der Waals surface area contributed by atoms with Crippen LogP contribution in [0.4, 0.5) is 0 Å². The van der Waals surface area contributed by atoms with Crippen molar-refractivity contribution in [3.05, 3.63) is 88.4 Å². The summed E-state index contributed by atoms with van der Waals surface area (Å²) in [5.41, 5.74) is 3.06. The van der Waals surface area contributed by atoms with Gasteiger partial charge in [0.25, 0.3) is 0 Å². The molecule has 0 spiro atoms. The van der Waals surface area contributed by atoms with Crippen LogP contribution < -0.4 is 14.2 Å². The minimum absolute atomic E-state index is 0.229. The summed E-state index contributed by atoms with van der Waals surface area (Å²) in [4.78, 5) is 12.3. The van der Waals surface area contributed by atoms with E-state index in [0.717, 1.165) is 23.1 Å². The molecule has 3 rings (SSSR count). The Labute approximate surface area is 192 Å². The monoisotopic (exact) mass is 447 g/mol. The van der Waals surface area contributed by atoms with E-state index in [1.54, 1.807) is 54.6 Å². The quantitative estimate of drug-likeness (QED) is 0.184. The molecule has 0 radical (unpaired) electrons. The molecule has 0 saturated carbocycles. The maximum absolute atomic E-state index is 12.3. The van der Waals surface area contributed by atoms with Crippen molar-refractivity contribution in [3.63, 3.8) is 0 Å². The van der Waals surface area contributed by atoms with Crippen molar-refractivity contribution < 1.29 is 19.0 Å². The third-order valence-electron chi connectivity index (χ3n) is 4.66. The Bertz CT molecular complexity index is 1160. The first kappa shape index (κ1) is 22.9. The molecule has 0 aliphatic carbocycles. The standard InChI is InChI=1S/C26H22ClNO4/c1-3-18-5-4-6-23(14-18)31-17-26(29)32-24-12-7-19(15-25(24)30-2)13-21(16-28)20-8-10-22(27)11-9-20/h4-15H,3,17H2,1-2H3. The highest BCUT2D eigenvalue weighted by molar-refractivity contribution is 6.30. The van der Waals surface area contributed by atoms with Crippen LogP contribution in [0, 0.1) is 11.3 Å². The number of esters is 1. The van der Waals surface area contributed by atoms with Gasteiger partial charge in [-0.15, -0.1) is 0 Å². The Balaban J connectivity index is 1.71. The number of benzene rings is 3. The zero-order chi connectivity index (χ0) is 22.9. The van der Waals surface area contributed by atoms with Crippen LogP contribution in [-0.4, -0.2) is 19.7 Å². The number of hydrogen-bond donors (Lipinski definition) is 0. The summed E-state index contributed by atoms with van der Waals surface area (Å²) >= 11 is 5.92. The second-order valence-corrected chi connectivity index (χ2v) is 7.29. The van der Waals surface area contributed by atoms with Crippen LogP contribution in [0.5, 0.6) is 17.2 Å². The van der Waals surface area contributed by atoms with Crippen LogP contribution in [0.2, 0.25) is 5.02 Å². The largest absolute Gasteiger partial charge is 0.493 e. The third kappa shape index (κ3) is 6.13. The highest BCUT2D eigenvalue weighted by Crippen LogP contribution is 2.30. The first-order valence-corrected chi connectivity index (χ1v) is 10.4. The topological polar surface area (TPSA) is 68.5 Å². The number of nitriles is 1. The van der Waals surface area contributed by atoms with E-state index < -0.39 is 5.97 Å². The predicted molar refractivity (Wildman–Crippen MR) is 125 cm³/mol. The van der Waals surface area contributed by atoms with Gasteiger partial charge in [0.1, 0.15) is 5.75 Å². The highest BCUT2D eigenvalue weighted by atomic mass is 35.5. The maximum atomic E-state index is 12.3. The van der Waals surface area contributed by atoms with E-state index in [-0.39, 0.29) is 12.4 Å². The molecule has 0 aliphatic heterocycles. The molecule has 0 unspecified atom stereocenters. The first-order chi connectivity index (χ1) is 15.5. The van der Waals surface area contributed by atoms with Gasteiger partial charge in [-0.3, -0.25) is 0 Å². The summed E-state index contributed by atoms with van der Waals surface area (Å²) in [6, 6.07) is 21.8. The minimum atomic E-state index is -0.549. The van der Waals surface area contributed by atoms with Gasteiger partial charge in [0.15, 0.2) is 18.1 Å². The normalized spacial score (nSPS) is 10.9. The van der Waals surface area contributed by atoms with Crippen LogP contribution in [0.3, 0.4) is 0 Å². The second kappa shape index (κ2) is 11.0. The van der Waals surface area contributed by atoms with Crippen molar-refractivity contribution in [2.75, 3.05) is 13.7 Å². The lowest BCUT2D eigenvalue weighted by Crippen LogP contribution is -2.18. The zero-order valence-corrected chi connectivity index (χ0v) is 18.6. The molecular weight excluding hydrogens is 426 g/mol. The summed E-state index contributed by atoms with van der Waals surface area (Å²) in [6.07, 6.45) is 2.60. The van der Waals surface area contributed by atoms with Crippen molar-refractivity contribution in [1.29, 1.82) is 5.26 Å². The molecule has 162 valence electrons. The Morgan fingerprint density at radius 3 is 2.53 bits per heavy atom. The van der Waals surface area contributed by atoms with Crippen molar-refractivity contribution in [2.45, 2.75) is 13.3 Å². The number of hydrogen-bond acceptors (Lipinski definition) is 5. The van der Waals surface area contributed by atoms with E-state index >= 15 is 0 Å². The summed E-state index contributed by atoms with van der Waals surface area (Å²) in [5, 5.41) is 10.1. The van der Waals surface area contributed by atoms with Crippen LogP contribution in [0.25, 0.3) is 11.6 Å². The molecule has 32 heavy (non-hydrogen) atoms. The zero-order valence-electron chi connectivity index (χ0n) is 17.8. The lowest BCUT2D eigenvalue weighted by molar-refractivity contribution is -0.136. The van der Waals surface area contributed by atoms with Gasteiger partial charge in [-0.1, -0.05) is 48.9 Å². The summed E-state index contributed by atoms with van der Waals surface area (Å²) < 4.78 is 16.3. The Morgan fingerprint density at radius 2 is 1.84 bits per heavy atom. The van der Waals surface area contributed by atoms with E-state index in [1.807, 2.05) is 25.1 Å². The molecule has 0 bridgehead atoms. The van der Waals surface area contributed by atoms with Crippen LogP contribution in [0.1, 0.15) is 23.6 Å². The van der Waals surface area contributed by atoms with Gasteiger partial charge in [0.2, 0.25) is 0 Å².